The number of furan rings is 1. The Hall–Kier alpha value is -3.02. The maximum Gasteiger partial charge on any atom is 0.251 e. The van der Waals surface area contributed by atoms with Gasteiger partial charge in [0.2, 0.25) is 0 Å². The molecule has 2 aromatic heterocycles. The highest BCUT2D eigenvalue weighted by molar-refractivity contribution is 5.94. The minimum atomic E-state index is -0.207. The number of aromatic nitrogens is 2. The van der Waals surface area contributed by atoms with Gasteiger partial charge in [-0.25, -0.2) is 0 Å². The number of nitrogens with one attached hydrogen (secondary N) is 1. The minimum Gasteiger partial charge on any atom is -0.491 e. The van der Waals surface area contributed by atoms with Crippen LogP contribution in [0.2, 0.25) is 0 Å². The summed E-state index contributed by atoms with van der Waals surface area (Å²) in [6.45, 7) is 8.24. The number of benzene rings is 1. The molecule has 27 heavy (non-hydrogen) atoms. The van der Waals surface area contributed by atoms with E-state index in [4.69, 9.17) is 9.15 Å². The fourth-order valence-electron chi connectivity index (χ4n) is 3.00. The fraction of sp³-hybridized carbons (Fsp3) is 0.333. The lowest BCUT2D eigenvalue weighted by atomic mass is 10.1. The lowest BCUT2D eigenvalue weighted by Gasteiger charge is -2.18. The summed E-state index contributed by atoms with van der Waals surface area (Å²) in [5, 5.41) is 7.53. The average molecular weight is 367 g/mol. The van der Waals surface area contributed by atoms with Gasteiger partial charge in [-0.3, -0.25) is 9.48 Å². The summed E-state index contributed by atoms with van der Waals surface area (Å²) >= 11 is 0. The molecule has 0 saturated carbocycles. The molecule has 3 rings (SSSR count). The molecule has 0 aliphatic rings. The normalized spacial score (nSPS) is 12.2. The van der Waals surface area contributed by atoms with Crippen LogP contribution in [0.3, 0.4) is 0 Å². The average Bonchev–Trinajstić information content (AvgIpc) is 3.25. The highest BCUT2D eigenvalue weighted by Crippen LogP contribution is 2.21. The zero-order valence-corrected chi connectivity index (χ0v) is 16.1. The summed E-state index contributed by atoms with van der Waals surface area (Å²) in [4.78, 5) is 12.6. The molecule has 1 amide bonds. The molecule has 0 aliphatic heterocycles. The SMILES string of the molecule is Cc1cc(C)n(C(CNC(=O)c2ccc(OC(C)C)cc2)c2ccco2)n1. The van der Waals surface area contributed by atoms with E-state index in [1.807, 2.05) is 50.6 Å². The van der Waals surface area contributed by atoms with E-state index < -0.39 is 0 Å². The number of hydrogen-bond donors (Lipinski definition) is 1. The molecular formula is C21H25N3O3. The summed E-state index contributed by atoms with van der Waals surface area (Å²) in [7, 11) is 0. The van der Waals surface area contributed by atoms with Gasteiger partial charge in [-0.15, -0.1) is 0 Å². The lowest BCUT2D eigenvalue weighted by Crippen LogP contribution is -2.32. The molecule has 142 valence electrons. The molecule has 6 nitrogen and oxygen atoms in total. The fourth-order valence-corrected chi connectivity index (χ4v) is 3.00. The maximum absolute atomic E-state index is 12.6. The van der Waals surface area contributed by atoms with E-state index in [1.165, 1.54) is 0 Å². The zero-order chi connectivity index (χ0) is 19.4. The number of carbonyl (C=O) groups is 1. The topological polar surface area (TPSA) is 69.3 Å². The van der Waals surface area contributed by atoms with Crippen LogP contribution in [0.5, 0.6) is 5.75 Å². The van der Waals surface area contributed by atoms with Gasteiger partial charge in [0.05, 0.1) is 18.1 Å². The Kier molecular flexibility index (Phi) is 5.64. The smallest absolute Gasteiger partial charge is 0.251 e. The van der Waals surface area contributed by atoms with E-state index in [2.05, 4.69) is 10.4 Å². The third-order valence-corrected chi connectivity index (χ3v) is 4.16. The van der Waals surface area contributed by atoms with E-state index in [0.717, 1.165) is 22.9 Å². The van der Waals surface area contributed by atoms with Gasteiger partial charge in [-0.2, -0.15) is 5.10 Å². The van der Waals surface area contributed by atoms with Crippen LogP contribution in [-0.2, 0) is 0 Å². The van der Waals surface area contributed by atoms with Gasteiger partial charge in [-0.1, -0.05) is 0 Å². The molecule has 6 heteroatoms. The van der Waals surface area contributed by atoms with Crippen molar-refractivity contribution < 1.29 is 13.9 Å². The summed E-state index contributed by atoms with van der Waals surface area (Å²) in [5.41, 5.74) is 2.52. The number of carbonyl (C=O) groups excluding carboxylic acids is 1. The number of ether oxygens (including phenoxy) is 1. The second-order valence-electron chi connectivity index (χ2n) is 6.80. The number of amides is 1. The van der Waals surface area contributed by atoms with Crippen LogP contribution in [0.1, 0.15) is 47.4 Å². The molecule has 1 unspecified atom stereocenters. The third kappa shape index (κ3) is 4.58. The van der Waals surface area contributed by atoms with Gasteiger partial charge in [0, 0.05) is 17.8 Å². The number of nitrogens with zero attached hydrogens (tertiary/aromatic N) is 2. The first-order chi connectivity index (χ1) is 12.9. The quantitative estimate of drug-likeness (QED) is 0.688. The molecule has 1 atom stereocenters. The van der Waals surface area contributed by atoms with Gasteiger partial charge in [-0.05, 0) is 70.2 Å². The molecule has 0 bridgehead atoms. The monoisotopic (exact) mass is 367 g/mol. The van der Waals surface area contributed by atoms with Gasteiger partial charge in [0.15, 0.2) is 0 Å². The predicted octanol–water partition coefficient (Wildman–Crippen LogP) is 3.90. The standard InChI is InChI=1S/C21H25N3O3/c1-14(2)27-18-9-7-17(8-10-18)21(25)22-13-19(20-6-5-11-26-20)24-16(4)12-15(3)23-24/h5-12,14,19H,13H2,1-4H3,(H,22,25). The molecule has 2 heterocycles. The van der Waals surface area contributed by atoms with Crippen LogP contribution < -0.4 is 10.1 Å². The van der Waals surface area contributed by atoms with Gasteiger partial charge < -0.3 is 14.5 Å². The summed E-state index contributed by atoms with van der Waals surface area (Å²) in [6, 6.07) is 12.7. The molecule has 0 saturated heterocycles. The zero-order valence-electron chi connectivity index (χ0n) is 16.1. The highest BCUT2D eigenvalue weighted by Gasteiger charge is 2.21. The van der Waals surface area contributed by atoms with Crippen LogP contribution in [0, 0.1) is 13.8 Å². The summed E-state index contributed by atoms with van der Waals surface area (Å²) in [6.07, 6.45) is 1.73. The van der Waals surface area contributed by atoms with Crippen molar-refractivity contribution in [3.63, 3.8) is 0 Å². The third-order valence-electron chi connectivity index (χ3n) is 4.16. The molecule has 0 spiro atoms. The predicted molar refractivity (Wildman–Crippen MR) is 103 cm³/mol. The Morgan fingerprint density at radius 1 is 1.22 bits per heavy atom. The van der Waals surface area contributed by atoms with Crippen molar-refractivity contribution in [1.82, 2.24) is 15.1 Å². The summed E-state index contributed by atoms with van der Waals surface area (Å²) in [5.74, 6) is 1.35. The van der Waals surface area contributed by atoms with Crippen molar-refractivity contribution in [3.8, 4) is 5.75 Å². The second-order valence-corrected chi connectivity index (χ2v) is 6.80. The molecule has 0 fully saturated rings. The Morgan fingerprint density at radius 2 is 1.96 bits per heavy atom. The Bertz CT molecular complexity index is 880. The first-order valence-corrected chi connectivity index (χ1v) is 9.05. The van der Waals surface area contributed by atoms with E-state index in [0.29, 0.717) is 12.1 Å². The summed E-state index contributed by atoms with van der Waals surface area (Å²) < 4.78 is 13.1. The van der Waals surface area contributed by atoms with Crippen molar-refractivity contribution in [2.45, 2.75) is 39.8 Å². The van der Waals surface area contributed by atoms with Crippen molar-refractivity contribution in [2.24, 2.45) is 0 Å². The molecule has 3 aromatic rings. The van der Waals surface area contributed by atoms with E-state index in [-0.39, 0.29) is 18.1 Å². The van der Waals surface area contributed by atoms with Gasteiger partial charge in [0.1, 0.15) is 17.6 Å². The maximum atomic E-state index is 12.6. The van der Waals surface area contributed by atoms with Crippen LogP contribution >= 0.6 is 0 Å². The lowest BCUT2D eigenvalue weighted by molar-refractivity contribution is 0.0948. The minimum absolute atomic E-state index is 0.0968. The van der Waals surface area contributed by atoms with Crippen LogP contribution in [-0.4, -0.2) is 28.3 Å². The van der Waals surface area contributed by atoms with Crippen molar-refractivity contribution >= 4 is 5.91 Å². The van der Waals surface area contributed by atoms with E-state index in [9.17, 15) is 4.79 Å². The van der Waals surface area contributed by atoms with Gasteiger partial charge >= 0.3 is 0 Å². The second kappa shape index (κ2) is 8.12. The molecule has 1 N–H and O–H groups in total. The largest absolute Gasteiger partial charge is 0.491 e. The Labute approximate surface area is 159 Å². The molecular weight excluding hydrogens is 342 g/mol. The number of hydrogen-bond acceptors (Lipinski definition) is 4. The van der Waals surface area contributed by atoms with Crippen LogP contribution in [0.15, 0.2) is 53.1 Å². The van der Waals surface area contributed by atoms with Crippen molar-refractivity contribution in [3.05, 3.63) is 71.4 Å². The van der Waals surface area contributed by atoms with Crippen molar-refractivity contribution in [2.75, 3.05) is 6.54 Å². The molecule has 0 aliphatic carbocycles. The van der Waals surface area contributed by atoms with Crippen LogP contribution in [0.25, 0.3) is 0 Å². The van der Waals surface area contributed by atoms with E-state index >= 15 is 0 Å². The highest BCUT2D eigenvalue weighted by atomic mass is 16.5. The molecule has 1 aromatic carbocycles. The first-order valence-electron chi connectivity index (χ1n) is 9.05. The number of aryl methyl sites for hydroxylation is 2. The molecule has 0 radical (unpaired) electrons. The van der Waals surface area contributed by atoms with Gasteiger partial charge in [0.25, 0.3) is 5.91 Å². The Balaban J connectivity index is 1.72. The Morgan fingerprint density at radius 3 is 2.52 bits per heavy atom. The number of rotatable bonds is 7. The van der Waals surface area contributed by atoms with Crippen molar-refractivity contribution in [1.29, 1.82) is 0 Å². The van der Waals surface area contributed by atoms with Crippen LogP contribution in [0.4, 0.5) is 0 Å². The van der Waals surface area contributed by atoms with E-state index in [1.54, 1.807) is 30.5 Å². The first kappa shape index (κ1) is 18.8.